The molecule has 0 aromatic heterocycles. The van der Waals surface area contributed by atoms with Crippen molar-refractivity contribution in [2.45, 2.75) is 45.1 Å². The maximum absolute atomic E-state index is 11.4. The first-order valence-corrected chi connectivity index (χ1v) is 6.50. The van der Waals surface area contributed by atoms with E-state index in [0.29, 0.717) is 6.04 Å². The quantitative estimate of drug-likeness (QED) is 0.389. The molecule has 0 radical (unpaired) electrons. The van der Waals surface area contributed by atoms with Crippen LogP contribution in [0.2, 0.25) is 0 Å². The average Bonchev–Trinajstić information content (AvgIpc) is 2.84. The third-order valence-corrected chi connectivity index (χ3v) is 2.91. The number of aliphatic imine (C=N–C) groups is 1. The number of nitrogens with zero attached hydrogens (tertiary/aromatic N) is 1. The SMILES string of the molecule is CCCNC(=O)CNC(=NC)NC1CCCC1.I. The fourth-order valence-corrected chi connectivity index (χ4v) is 1.95. The minimum Gasteiger partial charge on any atom is -0.355 e. The van der Waals surface area contributed by atoms with Crippen molar-refractivity contribution in [3.8, 4) is 0 Å². The summed E-state index contributed by atoms with van der Waals surface area (Å²) in [6, 6.07) is 0.514. The van der Waals surface area contributed by atoms with Crippen molar-refractivity contribution in [2.75, 3.05) is 20.1 Å². The molecule has 0 spiro atoms. The molecule has 1 aliphatic rings. The number of halogens is 1. The molecule has 0 aromatic carbocycles. The molecule has 3 N–H and O–H groups in total. The zero-order valence-corrected chi connectivity index (χ0v) is 13.6. The van der Waals surface area contributed by atoms with Crippen LogP contribution < -0.4 is 16.0 Å². The van der Waals surface area contributed by atoms with E-state index in [0.717, 1.165) is 18.9 Å². The second-order valence-corrected chi connectivity index (χ2v) is 4.40. The van der Waals surface area contributed by atoms with Crippen LogP contribution in [-0.2, 0) is 4.79 Å². The van der Waals surface area contributed by atoms with E-state index >= 15 is 0 Å². The first-order chi connectivity index (χ1) is 8.26. The van der Waals surface area contributed by atoms with Crippen LogP contribution in [0.4, 0.5) is 0 Å². The normalized spacial score (nSPS) is 16.0. The molecule has 6 heteroatoms. The van der Waals surface area contributed by atoms with Gasteiger partial charge in [-0.2, -0.15) is 0 Å². The summed E-state index contributed by atoms with van der Waals surface area (Å²) in [4.78, 5) is 15.5. The van der Waals surface area contributed by atoms with E-state index in [1.807, 2.05) is 6.92 Å². The van der Waals surface area contributed by atoms with Crippen molar-refractivity contribution < 1.29 is 4.79 Å². The molecule has 18 heavy (non-hydrogen) atoms. The van der Waals surface area contributed by atoms with Gasteiger partial charge in [-0.1, -0.05) is 19.8 Å². The Labute approximate surface area is 127 Å². The van der Waals surface area contributed by atoms with Crippen LogP contribution in [-0.4, -0.2) is 38.0 Å². The molecule has 0 atom stereocenters. The Balaban J connectivity index is 0.00000289. The molecule has 0 aliphatic heterocycles. The number of rotatable bonds is 5. The van der Waals surface area contributed by atoms with Crippen LogP contribution in [0.15, 0.2) is 4.99 Å². The third kappa shape index (κ3) is 7.03. The Bertz CT molecular complexity index is 265. The van der Waals surface area contributed by atoms with Gasteiger partial charge in [0.2, 0.25) is 5.91 Å². The maximum atomic E-state index is 11.4. The molecule has 0 saturated heterocycles. The minimum atomic E-state index is 0. The van der Waals surface area contributed by atoms with E-state index in [2.05, 4.69) is 20.9 Å². The number of guanidine groups is 1. The Morgan fingerprint density at radius 1 is 1.28 bits per heavy atom. The zero-order valence-electron chi connectivity index (χ0n) is 11.3. The average molecular weight is 368 g/mol. The van der Waals surface area contributed by atoms with E-state index in [1.54, 1.807) is 7.05 Å². The van der Waals surface area contributed by atoms with E-state index < -0.39 is 0 Å². The Morgan fingerprint density at radius 3 is 2.50 bits per heavy atom. The fraction of sp³-hybridized carbons (Fsp3) is 0.833. The highest BCUT2D eigenvalue weighted by Gasteiger charge is 2.15. The summed E-state index contributed by atoms with van der Waals surface area (Å²) < 4.78 is 0. The van der Waals surface area contributed by atoms with Crippen LogP contribution in [0, 0.1) is 0 Å². The molecule has 1 saturated carbocycles. The van der Waals surface area contributed by atoms with Gasteiger partial charge in [0.15, 0.2) is 5.96 Å². The van der Waals surface area contributed by atoms with Crippen LogP contribution in [0.1, 0.15) is 39.0 Å². The van der Waals surface area contributed by atoms with Crippen molar-refractivity contribution in [3.63, 3.8) is 0 Å². The molecule has 0 aromatic rings. The Morgan fingerprint density at radius 2 is 1.94 bits per heavy atom. The molecular weight excluding hydrogens is 343 g/mol. The van der Waals surface area contributed by atoms with Gasteiger partial charge in [0.25, 0.3) is 0 Å². The number of carbonyl (C=O) groups is 1. The monoisotopic (exact) mass is 368 g/mol. The van der Waals surface area contributed by atoms with Crippen LogP contribution in [0.3, 0.4) is 0 Å². The topological polar surface area (TPSA) is 65.5 Å². The van der Waals surface area contributed by atoms with Gasteiger partial charge in [0.05, 0.1) is 6.54 Å². The number of carbonyl (C=O) groups excluding carboxylic acids is 1. The van der Waals surface area contributed by atoms with Crippen molar-refractivity contribution in [1.29, 1.82) is 0 Å². The van der Waals surface area contributed by atoms with Gasteiger partial charge < -0.3 is 16.0 Å². The van der Waals surface area contributed by atoms with Gasteiger partial charge in [0.1, 0.15) is 0 Å². The fourth-order valence-electron chi connectivity index (χ4n) is 1.95. The highest BCUT2D eigenvalue weighted by atomic mass is 127. The molecule has 1 fully saturated rings. The molecule has 0 heterocycles. The van der Waals surface area contributed by atoms with Gasteiger partial charge in [-0.3, -0.25) is 9.79 Å². The highest BCUT2D eigenvalue weighted by molar-refractivity contribution is 14.0. The van der Waals surface area contributed by atoms with Gasteiger partial charge in [-0.05, 0) is 19.3 Å². The molecule has 1 rings (SSSR count). The van der Waals surface area contributed by atoms with Gasteiger partial charge in [-0.25, -0.2) is 0 Å². The van der Waals surface area contributed by atoms with Crippen molar-refractivity contribution in [2.24, 2.45) is 4.99 Å². The molecular formula is C12H25IN4O. The van der Waals surface area contributed by atoms with Gasteiger partial charge in [-0.15, -0.1) is 24.0 Å². The van der Waals surface area contributed by atoms with E-state index in [4.69, 9.17) is 0 Å². The zero-order chi connectivity index (χ0) is 12.5. The molecule has 106 valence electrons. The summed E-state index contributed by atoms with van der Waals surface area (Å²) >= 11 is 0. The van der Waals surface area contributed by atoms with Crippen LogP contribution in [0.5, 0.6) is 0 Å². The summed E-state index contributed by atoms with van der Waals surface area (Å²) in [6.45, 7) is 3.05. The second kappa shape index (κ2) is 10.4. The van der Waals surface area contributed by atoms with E-state index in [-0.39, 0.29) is 36.4 Å². The predicted molar refractivity (Wildman–Crippen MR) is 85.5 cm³/mol. The lowest BCUT2D eigenvalue weighted by molar-refractivity contribution is -0.120. The summed E-state index contributed by atoms with van der Waals surface area (Å²) in [5.41, 5.74) is 0. The van der Waals surface area contributed by atoms with Crippen LogP contribution >= 0.6 is 24.0 Å². The molecule has 0 bridgehead atoms. The highest BCUT2D eigenvalue weighted by Crippen LogP contribution is 2.17. The maximum Gasteiger partial charge on any atom is 0.239 e. The second-order valence-electron chi connectivity index (χ2n) is 4.40. The predicted octanol–water partition coefficient (Wildman–Crippen LogP) is 1.24. The lowest BCUT2D eigenvalue weighted by Gasteiger charge is -2.16. The third-order valence-electron chi connectivity index (χ3n) is 2.91. The lowest BCUT2D eigenvalue weighted by Crippen LogP contribution is -2.46. The molecule has 1 aliphatic carbocycles. The number of hydrogen-bond donors (Lipinski definition) is 3. The minimum absolute atomic E-state index is 0. The van der Waals surface area contributed by atoms with Crippen molar-refractivity contribution in [3.05, 3.63) is 0 Å². The Kier molecular flexibility index (Phi) is 10.1. The Hall–Kier alpha value is -0.530. The number of hydrogen-bond acceptors (Lipinski definition) is 2. The smallest absolute Gasteiger partial charge is 0.239 e. The summed E-state index contributed by atoms with van der Waals surface area (Å²) in [6.07, 6.45) is 5.92. The summed E-state index contributed by atoms with van der Waals surface area (Å²) in [5, 5.41) is 9.19. The lowest BCUT2D eigenvalue weighted by atomic mass is 10.2. The number of nitrogens with one attached hydrogen (secondary N) is 3. The van der Waals surface area contributed by atoms with Crippen molar-refractivity contribution in [1.82, 2.24) is 16.0 Å². The largest absolute Gasteiger partial charge is 0.355 e. The first kappa shape index (κ1) is 17.5. The van der Waals surface area contributed by atoms with Gasteiger partial charge >= 0.3 is 0 Å². The molecule has 0 unspecified atom stereocenters. The van der Waals surface area contributed by atoms with Crippen molar-refractivity contribution >= 4 is 35.8 Å². The van der Waals surface area contributed by atoms with E-state index in [9.17, 15) is 4.79 Å². The first-order valence-electron chi connectivity index (χ1n) is 6.50. The van der Waals surface area contributed by atoms with Crippen LogP contribution in [0.25, 0.3) is 0 Å². The summed E-state index contributed by atoms with van der Waals surface area (Å²) in [5.74, 6) is 0.741. The summed E-state index contributed by atoms with van der Waals surface area (Å²) in [7, 11) is 1.73. The molecule has 5 nitrogen and oxygen atoms in total. The standard InChI is InChI=1S/C12H24N4O.HI/c1-3-8-14-11(17)9-15-12(13-2)16-10-6-4-5-7-10;/h10H,3-9H2,1-2H3,(H,14,17)(H2,13,15,16);1H. The van der Waals surface area contributed by atoms with E-state index in [1.165, 1.54) is 25.7 Å². The molecule has 1 amide bonds. The number of amides is 1. The van der Waals surface area contributed by atoms with Gasteiger partial charge in [0, 0.05) is 19.6 Å².